The van der Waals surface area contributed by atoms with Crippen LogP contribution in [0.4, 0.5) is 0 Å². The molecule has 4 heteroatoms. The molecule has 112 valence electrons. The van der Waals surface area contributed by atoms with Crippen molar-refractivity contribution >= 4 is 5.91 Å². The Hall–Kier alpha value is -1.86. The Morgan fingerprint density at radius 1 is 1.43 bits per heavy atom. The molecular weight excluding hydrogens is 262 g/mol. The van der Waals surface area contributed by atoms with Crippen molar-refractivity contribution in [3.8, 4) is 6.07 Å². The van der Waals surface area contributed by atoms with Crippen LogP contribution in [0.5, 0.6) is 0 Å². The molecule has 0 saturated carbocycles. The molecule has 0 bridgehead atoms. The molecule has 0 aliphatic carbocycles. The molecule has 1 aromatic rings. The van der Waals surface area contributed by atoms with Crippen molar-refractivity contribution in [1.29, 1.82) is 5.26 Å². The van der Waals surface area contributed by atoms with E-state index < -0.39 is 0 Å². The fourth-order valence-corrected chi connectivity index (χ4v) is 2.80. The topological polar surface area (TPSA) is 56.1 Å². The summed E-state index contributed by atoms with van der Waals surface area (Å²) in [5, 5.41) is 12.1. The molecule has 1 saturated heterocycles. The van der Waals surface area contributed by atoms with E-state index in [1.54, 1.807) is 12.1 Å². The van der Waals surface area contributed by atoms with Crippen LogP contribution in [0.25, 0.3) is 0 Å². The second kappa shape index (κ2) is 7.24. The predicted molar refractivity (Wildman–Crippen MR) is 82.4 cm³/mol. The van der Waals surface area contributed by atoms with Gasteiger partial charge in [0.05, 0.1) is 17.7 Å². The number of hydrogen-bond acceptors (Lipinski definition) is 3. The maximum absolute atomic E-state index is 12.7. The summed E-state index contributed by atoms with van der Waals surface area (Å²) in [4.78, 5) is 14.6. The van der Waals surface area contributed by atoms with E-state index in [4.69, 9.17) is 5.26 Å². The molecule has 0 radical (unpaired) electrons. The average Bonchev–Trinajstić information content (AvgIpc) is 2.93. The first kappa shape index (κ1) is 15.5. The molecule has 2 unspecified atom stereocenters. The van der Waals surface area contributed by atoms with E-state index in [2.05, 4.69) is 25.2 Å². The van der Waals surface area contributed by atoms with Crippen molar-refractivity contribution in [2.75, 3.05) is 13.1 Å². The molecule has 1 aliphatic heterocycles. The highest BCUT2D eigenvalue weighted by Gasteiger charge is 2.32. The third-order valence-corrected chi connectivity index (χ3v) is 4.06. The molecule has 1 amide bonds. The lowest BCUT2D eigenvalue weighted by Crippen LogP contribution is -2.45. The lowest BCUT2D eigenvalue weighted by atomic mass is 10.0. The van der Waals surface area contributed by atoms with Crippen LogP contribution in [0, 0.1) is 17.2 Å². The minimum absolute atomic E-state index is 0.0464. The van der Waals surface area contributed by atoms with E-state index >= 15 is 0 Å². The monoisotopic (exact) mass is 285 g/mol. The number of nitriles is 1. The highest BCUT2D eigenvalue weighted by atomic mass is 16.2. The van der Waals surface area contributed by atoms with Gasteiger partial charge in [-0.3, -0.25) is 4.79 Å². The molecule has 1 heterocycles. The molecule has 1 aliphatic rings. The fourth-order valence-electron chi connectivity index (χ4n) is 2.80. The number of rotatable bonds is 5. The summed E-state index contributed by atoms with van der Waals surface area (Å²) in [6.07, 6.45) is 2.01. The fraction of sp³-hybridized carbons (Fsp3) is 0.529. The van der Waals surface area contributed by atoms with Crippen molar-refractivity contribution in [2.45, 2.75) is 39.3 Å². The first-order valence-corrected chi connectivity index (χ1v) is 7.67. The highest BCUT2D eigenvalue weighted by Crippen LogP contribution is 2.18. The molecule has 21 heavy (non-hydrogen) atoms. The number of nitrogens with one attached hydrogen (secondary N) is 1. The van der Waals surface area contributed by atoms with Crippen LogP contribution in [0.1, 0.15) is 37.8 Å². The van der Waals surface area contributed by atoms with E-state index in [1.165, 1.54) is 0 Å². The third-order valence-electron chi connectivity index (χ3n) is 4.06. The lowest BCUT2D eigenvalue weighted by molar-refractivity contribution is -0.134. The molecular formula is C17H23N3O. The zero-order valence-electron chi connectivity index (χ0n) is 12.8. The second-order valence-electron chi connectivity index (χ2n) is 5.77. The van der Waals surface area contributed by atoms with Crippen molar-refractivity contribution in [3.05, 3.63) is 35.4 Å². The first-order chi connectivity index (χ1) is 10.2. The van der Waals surface area contributed by atoms with Crippen LogP contribution in [-0.4, -0.2) is 29.9 Å². The van der Waals surface area contributed by atoms with Gasteiger partial charge in [0.15, 0.2) is 0 Å². The number of carbonyl (C=O) groups is 1. The van der Waals surface area contributed by atoms with Crippen LogP contribution in [0.2, 0.25) is 0 Å². The van der Waals surface area contributed by atoms with E-state index in [0.717, 1.165) is 31.5 Å². The van der Waals surface area contributed by atoms with Gasteiger partial charge in [0.2, 0.25) is 5.91 Å². The lowest BCUT2D eigenvalue weighted by Gasteiger charge is -2.27. The summed E-state index contributed by atoms with van der Waals surface area (Å²) in [6.45, 7) is 6.53. The van der Waals surface area contributed by atoms with Crippen LogP contribution in [0.3, 0.4) is 0 Å². The Morgan fingerprint density at radius 2 is 2.14 bits per heavy atom. The number of hydrogen-bond donors (Lipinski definition) is 1. The van der Waals surface area contributed by atoms with Gasteiger partial charge < -0.3 is 10.2 Å². The van der Waals surface area contributed by atoms with Crippen molar-refractivity contribution < 1.29 is 4.79 Å². The maximum atomic E-state index is 12.7. The van der Waals surface area contributed by atoms with Gasteiger partial charge in [0.25, 0.3) is 0 Å². The summed E-state index contributed by atoms with van der Waals surface area (Å²) >= 11 is 0. The smallest absolute Gasteiger partial charge is 0.240 e. The van der Waals surface area contributed by atoms with Gasteiger partial charge in [0.1, 0.15) is 0 Å². The third kappa shape index (κ3) is 3.83. The quantitative estimate of drug-likeness (QED) is 0.903. The minimum Gasteiger partial charge on any atom is -0.337 e. The molecule has 0 aromatic heterocycles. The first-order valence-electron chi connectivity index (χ1n) is 7.67. The Bertz CT molecular complexity index is 518. The molecule has 2 rings (SSSR count). The van der Waals surface area contributed by atoms with Gasteiger partial charge in [-0.25, -0.2) is 0 Å². The average molecular weight is 285 g/mol. The Kier molecular flexibility index (Phi) is 5.35. The summed E-state index contributed by atoms with van der Waals surface area (Å²) in [6, 6.07) is 9.54. The Labute approximate surface area is 126 Å². The van der Waals surface area contributed by atoms with Gasteiger partial charge in [-0.2, -0.15) is 5.26 Å². The van der Waals surface area contributed by atoms with Crippen molar-refractivity contribution in [3.63, 3.8) is 0 Å². The van der Waals surface area contributed by atoms with Crippen LogP contribution < -0.4 is 5.32 Å². The van der Waals surface area contributed by atoms with Crippen molar-refractivity contribution in [1.82, 2.24) is 10.2 Å². The summed E-state index contributed by atoms with van der Waals surface area (Å²) in [5.74, 6) is 0.601. The van der Waals surface area contributed by atoms with Crippen LogP contribution in [0.15, 0.2) is 24.3 Å². The van der Waals surface area contributed by atoms with Crippen molar-refractivity contribution in [2.24, 2.45) is 5.92 Å². The zero-order chi connectivity index (χ0) is 15.2. The number of amides is 1. The molecule has 1 fully saturated rings. The predicted octanol–water partition coefficient (Wildman–Crippen LogP) is 2.29. The van der Waals surface area contributed by atoms with E-state index in [-0.39, 0.29) is 11.9 Å². The minimum atomic E-state index is -0.0464. The van der Waals surface area contributed by atoms with E-state index in [1.807, 2.05) is 17.0 Å². The molecule has 4 nitrogen and oxygen atoms in total. The van der Waals surface area contributed by atoms with E-state index in [9.17, 15) is 4.79 Å². The number of carbonyl (C=O) groups excluding carboxylic acids is 1. The summed E-state index contributed by atoms with van der Waals surface area (Å²) in [5.41, 5.74) is 1.72. The largest absolute Gasteiger partial charge is 0.337 e. The van der Waals surface area contributed by atoms with Gasteiger partial charge >= 0.3 is 0 Å². The second-order valence-corrected chi connectivity index (χ2v) is 5.77. The molecule has 0 spiro atoms. The maximum Gasteiger partial charge on any atom is 0.240 e. The van der Waals surface area contributed by atoms with Gasteiger partial charge in [-0.15, -0.1) is 0 Å². The molecule has 2 atom stereocenters. The standard InChI is InChI=1S/C17H23N3O/c1-3-10-20(17(21)16-13(2)8-9-19-16)12-15-6-4-14(11-18)5-7-15/h4-7,13,16,19H,3,8-10,12H2,1-2H3. The highest BCUT2D eigenvalue weighted by molar-refractivity contribution is 5.82. The zero-order valence-corrected chi connectivity index (χ0v) is 12.8. The molecule has 1 N–H and O–H groups in total. The van der Waals surface area contributed by atoms with Gasteiger partial charge in [-0.1, -0.05) is 26.0 Å². The number of nitrogens with zero attached hydrogens (tertiary/aromatic N) is 2. The number of benzene rings is 1. The summed E-state index contributed by atoms with van der Waals surface area (Å²) < 4.78 is 0. The SMILES string of the molecule is CCCN(Cc1ccc(C#N)cc1)C(=O)C1NCCC1C. The Morgan fingerprint density at radius 3 is 2.67 bits per heavy atom. The normalized spacial score (nSPS) is 21.0. The molecule has 1 aromatic carbocycles. The van der Waals surface area contributed by atoms with Crippen LogP contribution >= 0.6 is 0 Å². The van der Waals surface area contributed by atoms with Gasteiger partial charge in [0, 0.05) is 13.1 Å². The van der Waals surface area contributed by atoms with Crippen LogP contribution in [-0.2, 0) is 11.3 Å². The van der Waals surface area contributed by atoms with Gasteiger partial charge in [-0.05, 0) is 43.0 Å². The summed E-state index contributed by atoms with van der Waals surface area (Å²) in [7, 11) is 0. The Balaban J connectivity index is 2.07. The van der Waals surface area contributed by atoms with E-state index in [0.29, 0.717) is 18.0 Å².